The summed E-state index contributed by atoms with van der Waals surface area (Å²) in [6, 6.07) is 2.57. The second-order valence-corrected chi connectivity index (χ2v) is 11.6. The quantitative estimate of drug-likeness (QED) is 0.0238. The lowest BCUT2D eigenvalue weighted by Crippen LogP contribution is -2.71. The molecule has 5 rings (SSSR count). The number of pyridine rings is 1. The summed E-state index contributed by atoms with van der Waals surface area (Å²) in [5.74, 6) is -4.94. The van der Waals surface area contributed by atoms with Gasteiger partial charge in [-0.2, -0.15) is 9.36 Å². The number of aryl methyl sites for hydroxylation is 1. The average molecular weight is 659 g/mol. The minimum atomic E-state index is -1.52. The molecule has 3 aromatic heterocycles. The van der Waals surface area contributed by atoms with Gasteiger partial charge in [0.1, 0.15) is 29.2 Å². The highest BCUT2D eigenvalue weighted by atomic mass is 32.2. The van der Waals surface area contributed by atoms with Crippen molar-refractivity contribution in [1.29, 1.82) is 0 Å². The first-order valence-corrected chi connectivity index (χ1v) is 15.1. The Kier molecular flexibility index (Phi) is 8.97. The van der Waals surface area contributed by atoms with E-state index in [4.69, 9.17) is 21.4 Å². The first kappa shape index (κ1) is 31.3. The van der Waals surface area contributed by atoms with E-state index in [0.29, 0.717) is 23.7 Å². The summed E-state index contributed by atoms with van der Waals surface area (Å²) in [6.45, 7) is 4.74. The van der Waals surface area contributed by atoms with Crippen LogP contribution in [0.2, 0.25) is 0 Å². The Balaban J connectivity index is 1.37. The van der Waals surface area contributed by atoms with Gasteiger partial charge in [-0.15, -0.1) is 11.8 Å². The van der Waals surface area contributed by atoms with Gasteiger partial charge in [0.05, 0.1) is 6.20 Å². The number of aromatic nitrogens is 5. The van der Waals surface area contributed by atoms with Gasteiger partial charge in [0.2, 0.25) is 17.3 Å². The van der Waals surface area contributed by atoms with E-state index in [2.05, 4.69) is 36.7 Å². The number of nitrogens with zero attached hydrogens (tertiary/aromatic N) is 7. The van der Waals surface area contributed by atoms with Crippen molar-refractivity contribution in [1.82, 2.24) is 34.4 Å². The number of rotatable bonds is 13. The zero-order valence-corrected chi connectivity index (χ0v) is 25.3. The molecule has 2 unspecified atom stereocenters. The summed E-state index contributed by atoms with van der Waals surface area (Å²) in [4.78, 5) is 64.2. The Labute approximate surface area is 262 Å². The third kappa shape index (κ3) is 6.14. The van der Waals surface area contributed by atoms with Crippen molar-refractivity contribution in [3.63, 3.8) is 0 Å². The first-order valence-electron chi connectivity index (χ1n) is 13.3. The van der Waals surface area contributed by atoms with Gasteiger partial charge in [-0.1, -0.05) is 5.16 Å². The molecule has 236 valence electrons. The van der Waals surface area contributed by atoms with Crippen LogP contribution >= 0.6 is 23.3 Å². The first-order chi connectivity index (χ1) is 21.5. The van der Waals surface area contributed by atoms with Crippen molar-refractivity contribution < 1.29 is 38.8 Å². The fraction of sp³-hybridized carbons (Fsp3) is 0.320. The number of β-lactam (4-membered cyclic amide) rings is 1. The Morgan fingerprint density at radius 3 is 2.73 bits per heavy atom. The summed E-state index contributed by atoms with van der Waals surface area (Å²) >= 11 is 2.02. The maximum Gasteiger partial charge on any atom is 0.374 e. The van der Waals surface area contributed by atoms with Crippen LogP contribution in [-0.4, -0.2) is 94.2 Å². The fourth-order valence-electron chi connectivity index (χ4n) is 4.81. The topological polar surface area (TPSA) is 257 Å². The van der Waals surface area contributed by atoms with Gasteiger partial charge in [0.15, 0.2) is 5.13 Å². The van der Waals surface area contributed by atoms with Crippen LogP contribution in [0.4, 0.5) is 11.1 Å². The van der Waals surface area contributed by atoms with Gasteiger partial charge in [0, 0.05) is 29.4 Å². The molecule has 5 heterocycles. The number of oxime groups is 1. The SMILES string of the molecule is C=C(ON=C(C(=O)NC1C(=O)N2C(C(=O)O)=C(C[n+]3cccc4c3nc(N)n4CCCNC)CSC12)c1nsc(N)n1)C(=O)O. The largest absolute Gasteiger partial charge is 0.477 e. The number of fused-ring (bicyclic) bond motifs is 2. The highest BCUT2D eigenvalue weighted by Gasteiger charge is 2.54. The van der Waals surface area contributed by atoms with Crippen LogP contribution in [0.3, 0.4) is 0 Å². The predicted octanol–water partition coefficient (Wildman–Crippen LogP) is -1.29. The molecular formula is C25H28N11O7S2+. The minimum absolute atomic E-state index is 0.00290. The number of amides is 2. The van der Waals surface area contributed by atoms with Gasteiger partial charge >= 0.3 is 23.5 Å². The number of hydrogen-bond acceptors (Lipinski definition) is 14. The third-order valence-electron chi connectivity index (χ3n) is 6.87. The minimum Gasteiger partial charge on any atom is -0.477 e. The zero-order valence-electron chi connectivity index (χ0n) is 23.7. The number of hydrogen-bond donors (Lipinski definition) is 6. The second-order valence-electron chi connectivity index (χ2n) is 9.76. The molecule has 2 aliphatic rings. The molecule has 1 saturated heterocycles. The molecule has 45 heavy (non-hydrogen) atoms. The van der Waals surface area contributed by atoms with Crippen molar-refractivity contribution in [3.8, 4) is 0 Å². The normalized spacial score (nSPS) is 18.0. The lowest BCUT2D eigenvalue weighted by atomic mass is 10.0. The van der Waals surface area contributed by atoms with E-state index in [1.54, 1.807) is 10.8 Å². The molecule has 20 heteroatoms. The molecule has 2 amide bonds. The summed E-state index contributed by atoms with van der Waals surface area (Å²) in [5.41, 5.74) is 12.9. The number of nitrogens with two attached hydrogens (primary N) is 2. The Morgan fingerprint density at radius 1 is 1.29 bits per heavy atom. The molecule has 0 radical (unpaired) electrons. The smallest absolute Gasteiger partial charge is 0.374 e. The van der Waals surface area contributed by atoms with E-state index >= 15 is 0 Å². The van der Waals surface area contributed by atoms with Gasteiger partial charge in [-0.25, -0.2) is 14.2 Å². The van der Waals surface area contributed by atoms with Crippen LogP contribution in [0.5, 0.6) is 0 Å². The van der Waals surface area contributed by atoms with Crippen molar-refractivity contribution in [2.75, 3.05) is 30.8 Å². The standard InChI is InChI=1S/C25H27N11O7S2/c1-11(22(39)40)43-32-14(17-30-25(27)45-33-17)19(37)29-15-20(38)36-16(23(41)42)12(10-44-21(15)36)9-34-7-3-5-13-18(34)31-24(26)35(13)8-4-6-28-2/h3,5,7,15,21,26,28H,1,4,6,8-10H2,2H3,(H5,27,29,30,33,37,39,40,41,42)/p+1. The van der Waals surface area contributed by atoms with Gasteiger partial charge in [0.25, 0.3) is 11.8 Å². The number of nitrogen functional groups attached to an aromatic ring is 2. The van der Waals surface area contributed by atoms with Crippen LogP contribution < -0.4 is 26.7 Å². The molecule has 18 nitrogen and oxygen atoms in total. The molecule has 1 fully saturated rings. The molecule has 0 spiro atoms. The summed E-state index contributed by atoms with van der Waals surface area (Å²) in [7, 11) is 1.86. The summed E-state index contributed by atoms with van der Waals surface area (Å²) in [6.07, 6.45) is 2.59. The number of thioether (sulfide) groups is 1. The van der Waals surface area contributed by atoms with E-state index in [9.17, 15) is 24.3 Å². The fourth-order valence-corrected chi connectivity index (χ4v) is 6.58. The van der Waals surface area contributed by atoms with E-state index in [1.807, 2.05) is 23.7 Å². The van der Waals surface area contributed by atoms with Crippen LogP contribution in [0, 0.1) is 0 Å². The number of carbonyl (C=O) groups excluding carboxylic acids is 2. The van der Waals surface area contributed by atoms with E-state index < -0.39 is 46.6 Å². The highest BCUT2D eigenvalue weighted by Crippen LogP contribution is 2.40. The number of carboxylic acid groups (broad SMARTS) is 2. The van der Waals surface area contributed by atoms with Crippen molar-refractivity contribution in [2.45, 2.75) is 30.9 Å². The molecule has 0 aliphatic carbocycles. The Bertz CT molecular complexity index is 1780. The maximum absolute atomic E-state index is 13.3. The lowest BCUT2D eigenvalue weighted by molar-refractivity contribution is -0.664. The van der Waals surface area contributed by atoms with Crippen LogP contribution in [0.1, 0.15) is 12.2 Å². The van der Waals surface area contributed by atoms with Crippen molar-refractivity contribution in [2.24, 2.45) is 5.16 Å². The molecular weight excluding hydrogens is 630 g/mol. The number of imidazole rings is 1. The Morgan fingerprint density at radius 2 is 2.07 bits per heavy atom. The highest BCUT2D eigenvalue weighted by molar-refractivity contribution is 8.00. The van der Waals surface area contributed by atoms with Gasteiger partial charge < -0.3 is 37.2 Å². The Hall–Kier alpha value is -5.08. The lowest BCUT2D eigenvalue weighted by Gasteiger charge is -2.49. The van der Waals surface area contributed by atoms with E-state index in [-0.39, 0.29) is 29.0 Å². The van der Waals surface area contributed by atoms with E-state index in [1.165, 1.54) is 11.8 Å². The molecule has 8 N–H and O–H groups in total. The van der Waals surface area contributed by atoms with Crippen molar-refractivity contribution >= 4 is 75.0 Å². The summed E-state index contributed by atoms with van der Waals surface area (Å²) < 4.78 is 7.57. The molecule has 3 aromatic rings. The van der Waals surface area contributed by atoms with Crippen LogP contribution in [0.25, 0.3) is 11.2 Å². The number of aliphatic carboxylic acids is 2. The van der Waals surface area contributed by atoms with Gasteiger partial charge in [-0.05, 0) is 43.7 Å². The number of carbonyl (C=O) groups is 4. The molecule has 2 aliphatic heterocycles. The second kappa shape index (κ2) is 12.9. The molecule has 2 atom stereocenters. The molecule has 0 saturated carbocycles. The number of nitrogens with one attached hydrogen (secondary N) is 2. The van der Waals surface area contributed by atoms with Crippen LogP contribution in [0.15, 0.2) is 47.1 Å². The number of anilines is 2. The zero-order chi connectivity index (χ0) is 32.4. The third-order valence-corrected chi connectivity index (χ3v) is 8.75. The van der Waals surface area contributed by atoms with Crippen molar-refractivity contribution in [3.05, 3.63) is 47.8 Å². The average Bonchev–Trinajstić information content (AvgIpc) is 3.58. The maximum atomic E-state index is 13.3. The molecule has 0 bridgehead atoms. The predicted molar refractivity (Wildman–Crippen MR) is 161 cm³/mol. The monoisotopic (exact) mass is 658 g/mol. The van der Waals surface area contributed by atoms with E-state index in [0.717, 1.165) is 34.9 Å². The van der Waals surface area contributed by atoms with Crippen LogP contribution in [-0.2, 0) is 37.1 Å². The summed E-state index contributed by atoms with van der Waals surface area (Å²) in [5, 5.41) is 27.5. The van der Waals surface area contributed by atoms with Gasteiger partial charge in [-0.3, -0.25) is 19.1 Å². The number of carboxylic acids is 2. The molecule has 0 aromatic carbocycles.